The molecule has 0 saturated carbocycles. The van der Waals surface area contributed by atoms with Crippen molar-refractivity contribution in [3.05, 3.63) is 30.6 Å². The van der Waals surface area contributed by atoms with Gasteiger partial charge in [-0.2, -0.15) is 0 Å². The molecule has 0 fully saturated rings. The van der Waals surface area contributed by atoms with Gasteiger partial charge in [-0.15, -0.1) is 0 Å². The van der Waals surface area contributed by atoms with Gasteiger partial charge in [0.2, 0.25) is 0 Å². The summed E-state index contributed by atoms with van der Waals surface area (Å²) in [4.78, 5) is 3.78. The van der Waals surface area contributed by atoms with Gasteiger partial charge < -0.3 is 0 Å². The van der Waals surface area contributed by atoms with E-state index in [0.29, 0.717) is 0 Å². The Morgan fingerprint density at radius 3 is 1.42 bits per heavy atom. The van der Waals surface area contributed by atoms with Crippen molar-refractivity contribution >= 4 is 0 Å². The van der Waals surface area contributed by atoms with E-state index in [1.807, 2.05) is 18.2 Å². The topological polar surface area (TPSA) is 87.5 Å². The van der Waals surface area contributed by atoms with Crippen molar-refractivity contribution in [2.75, 3.05) is 0 Å². The first-order chi connectivity index (χ1) is 5.00. The van der Waals surface area contributed by atoms with E-state index in [4.69, 9.17) is 15.9 Å². The molecule has 12 heavy (non-hydrogen) atoms. The van der Waals surface area contributed by atoms with Crippen molar-refractivity contribution in [2.45, 2.75) is 0 Å². The van der Waals surface area contributed by atoms with E-state index < -0.39 is 13.6 Å². The standard InChI is InChI=1S/C5H5N.Cr.FH.2H2O.2O/c1-2-4-6-5-3-1;;;;;;/h1-5H;;1H;2*1H2;;/q;+2;;;;;/p-2. The Bertz CT molecular complexity index is 240. The predicted molar refractivity (Wildman–Crippen MR) is 32.6 cm³/mol. The van der Waals surface area contributed by atoms with Crippen molar-refractivity contribution < 1.29 is 34.2 Å². The van der Waals surface area contributed by atoms with Crippen LogP contribution in [0.1, 0.15) is 0 Å². The SMILES string of the molecule is F.[O]=[Cr](=[O])([OH])[OH].c1ccncc1. The van der Waals surface area contributed by atoms with Crippen LogP contribution in [0.2, 0.25) is 0 Å². The summed E-state index contributed by atoms with van der Waals surface area (Å²) in [6, 6.07) is 5.72. The molecule has 0 aromatic carbocycles. The van der Waals surface area contributed by atoms with Gasteiger partial charge in [0.25, 0.3) is 0 Å². The van der Waals surface area contributed by atoms with E-state index >= 15 is 0 Å². The van der Waals surface area contributed by atoms with Crippen LogP contribution < -0.4 is 0 Å². The van der Waals surface area contributed by atoms with Crippen LogP contribution in [0.4, 0.5) is 4.70 Å². The van der Waals surface area contributed by atoms with Gasteiger partial charge in [0.1, 0.15) is 0 Å². The second kappa shape index (κ2) is 6.82. The summed E-state index contributed by atoms with van der Waals surface area (Å²) >= 11 is -5.25. The second-order valence-electron chi connectivity index (χ2n) is 1.47. The van der Waals surface area contributed by atoms with E-state index in [1.165, 1.54) is 0 Å². The van der Waals surface area contributed by atoms with E-state index in [1.54, 1.807) is 12.4 Å². The maximum atomic E-state index is 8.82. The molecule has 2 N–H and O–H groups in total. The minimum absolute atomic E-state index is 0. The Kier molecular flexibility index (Phi) is 7.79. The first kappa shape index (κ1) is 13.7. The van der Waals surface area contributed by atoms with Crippen LogP contribution in [-0.4, -0.2) is 13.3 Å². The molecular weight excluding hydrogens is 209 g/mol. The predicted octanol–water partition coefficient (Wildman–Crippen LogP) is -0.120. The third-order valence-electron chi connectivity index (χ3n) is 0.566. The average Bonchev–Trinajstić information content (AvgIpc) is 1.88. The molecule has 0 aliphatic carbocycles. The minimum atomic E-state index is -5.25. The van der Waals surface area contributed by atoms with Gasteiger partial charge in [0.05, 0.1) is 0 Å². The molecule has 1 heterocycles. The molecule has 0 spiro atoms. The molecule has 5 nitrogen and oxygen atoms in total. The number of nitrogens with zero attached hydrogens (tertiary/aromatic N) is 1. The molecule has 1 aromatic rings. The maximum Gasteiger partial charge on any atom is 0.0267 e. The van der Waals surface area contributed by atoms with Gasteiger partial charge in [-0.05, 0) is 12.1 Å². The van der Waals surface area contributed by atoms with Crippen LogP contribution in [0, 0.1) is 0 Å². The van der Waals surface area contributed by atoms with Gasteiger partial charge in [0.15, 0.2) is 0 Å². The van der Waals surface area contributed by atoms with E-state index in [2.05, 4.69) is 4.98 Å². The zero-order valence-electron chi connectivity index (χ0n) is 5.86. The Hall–Kier alpha value is -0.868. The fourth-order valence-corrected chi connectivity index (χ4v) is 0.313. The van der Waals surface area contributed by atoms with Crippen LogP contribution in [0.15, 0.2) is 30.6 Å². The Morgan fingerprint density at radius 2 is 1.33 bits per heavy atom. The van der Waals surface area contributed by atoms with Gasteiger partial charge in [-0.25, -0.2) is 0 Å². The zero-order valence-corrected chi connectivity index (χ0v) is 7.14. The summed E-state index contributed by atoms with van der Waals surface area (Å²) in [6.45, 7) is 0. The van der Waals surface area contributed by atoms with E-state index in [-0.39, 0.29) is 4.70 Å². The summed E-state index contributed by atoms with van der Waals surface area (Å²) in [5, 5.41) is 0. The van der Waals surface area contributed by atoms with Gasteiger partial charge in [-0.3, -0.25) is 9.69 Å². The van der Waals surface area contributed by atoms with Gasteiger partial charge >= 0.3 is 29.5 Å². The molecule has 0 bridgehead atoms. The van der Waals surface area contributed by atoms with Crippen LogP contribution in [0.25, 0.3) is 0 Å². The number of hydrogen-bond acceptors (Lipinski definition) is 3. The van der Waals surface area contributed by atoms with Crippen molar-refractivity contribution in [3.63, 3.8) is 0 Å². The number of aromatic nitrogens is 1. The molecule has 0 unspecified atom stereocenters. The summed E-state index contributed by atoms with van der Waals surface area (Å²) in [5.41, 5.74) is 0. The maximum absolute atomic E-state index is 8.82. The third-order valence-corrected chi connectivity index (χ3v) is 0.566. The molecule has 70 valence electrons. The molecular formula is C5H8CrFNO4. The summed E-state index contributed by atoms with van der Waals surface area (Å²) in [7, 11) is 0. The minimum Gasteiger partial charge on any atom is -0.265 e. The fourth-order valence-electron chi connectivity index (χ4n) is 0.313. The largest absolute Gasteiger partial charge is 0.265 e. The Labute approximate surface area is 70.4 Å². The van der Waals surface area contributed by atoms with Gasteiger partial charge in [-0.1, -0.05) is 6.07 Å². The second-order valence-corrected chi connectivity index (χ2v) is 2.87. The zero-order chi connectivity index (χ0) is 8.74. The van der Waals surface area contributed by atoms with E-state index in [0.717, 1.165) is 0 Å². The summed E-state index contributed by atoms with van der Waals surface area (Å²) in [5.74, 6) is 0. The van der Waals surface area contributed by atoms with Crippen LogP contribution in [0.5, 0.6) is 0 Å². The van der Waals surface area contributed by atoms with Crippen LogP contribution in [-0.2, 0) is 21.2 Å². The van der Waals surface area contributed by atoms with Crippen molar-refractivity contribution in [3.8, 4) is 0 Å². The van der Waals surface area contributed by atoms with Crippen molar-refractivity contribution in [1.82, 2.24) is 4.98 Å². The number of halogens is 1. The molecule has 0 atom stereocenters. The quantitative estimate of drug-likeness (QED) is 0.632. The normalized spacial score (nSPS) is 8.83. The van der Waals surface area contributed by atoms with Gasteiger partial charge in [0, 0.05) is 12.4 Å². The van der Waals surface area contributed by atoms with E-state index in [9.17, 15) is 0 Å². The molecule has 0 radical (unpaired) electrons. The third kappa shape index (κ3) is 22.9. The molecule has 0 aliphatic rings. The number of rotatable bonds is 0. The fraction of sp³-hybridized carbons (Fsp3) is 0. The smallest absolute Gasteiger partial charge is 0.0267 e. The molecule has 1 aromatic heterocycles. The van der Waals surface area contributed by atoms with Crippen molar-refractivity contribution in [2.24, 2.45) is 0 Å². The molecule has 0 aliphatic heterocycles. The Morgan fingerprint density at radius 1 is 1.00 bits per heavy atom. The van der Waals surface area contributed by atoms with Crippen molar-refractivity contribution in [1.29, 1.82) is 0 Å². The van der Waals surface area contributed by atoms with Crippen LogP contribution in [0.3, 0.4) is 0 Å². The average molecular weight is 217 g/mol. The summed E-state index contributed by atoms with van der Waals surface area (Å²) < 4.78 is 31.9. The molecule has 0 saturated heterocycles. The molecule has 0 amide bonds. The monoisotopic (exact) mass is 217 g/mol. The first-order valence-electron chi connectivity index (χ1n) is 2.55. The first-order valence-corrected chi connectivity index (χ1v) is 4.73. The molecule has 1 rings (SSSR count). The number of pyridine rings is 1. The van der Waals surface area contributed by atoms with Crippen LogP contribution >= 0.6 is 0 Å². The molecule has 7 heteroatoms. The number of hydrogen-bond donors (Lipinski definition) is 2. The summed E-state index contributed by atoms with van der Waals surface area (Å²) in [6.07, 6.45) is 3.50. The Balaban J connectivity index is 0.